The fourth-order valence-electron chi connectivity index (χ4n) is 1.75. The molecule has 3 nitrogen and oxygen atoms in total. The highest BCUT2D eigenvalue weighted by Crippen LogP contribution is 2.17. The van der Waals surface area contributed by atoms with Gasteiger partial charge in [0.25, 0.3) is 5.91 Å². The average molecular weight is 259 g/mol. The van der Waals surface area contributed by atoms with Crippen LogP contribution in [0.1, 0.15) is 15.9 Å². The maximum Gasteiger partial charge on any atom is 0.255 e. The summed E-state index contributed by atoms with van der Waals surface area (Å²) in [5.74, 6) is 0.108. The molecule has 2 aromatic carbocycles. The second-order valence-corrected chi connectivity index (χ2v) is 4.14. The van der Waals surface area contributed by atoms with Gasteiger partial charge < -0.3 is 10.1 Å². The van der Waals surface area contributed by atoms with E-state index in [0.717, 1.165) is 5.75 Å². The number of halogens is 1. The molecule has 0 atom stereocenters. The third-order valence-corrected chi connectivity index (χ3v) is 2.78. The van der Waals surface area contributed by atoms with Gasteiger partial charge >= 0.3 is 0 Å². The summed E-state index contributed by atoms with van der Waals surface area (Å²) < 4.78 is 18.0. The van der Waals surface area contributed by atoms with Gasteiger partial charge in [0, 0.05) is 11.3 Å². The molecule has 0 unspecified atom stereocenters. The number of nitrogens with one attached hydrogen (secondary N) is 1. The van der Waals surface area contributed by atoms with Crippen molar-refractivity contribution in [3.63, 3.8) is 0 Å². The highest BCUT2D eigenvalue weighted by molar-refractivity contribution is 6.05. The number of hydrogen-bond donors (Lipinski definition) is 1. The first kappa shape index (κ1) is 13.1. The molecule has 19 heavy (non-hydrogen) atoms. The lowest BCUT2D eigenvalue weighted by Gasteiger charge is -2.08. The zero-order valence-corrected chi connectivity index (χ0v) is 10.7. The number of rotatable bonds is 3. The summed E-state index contributed by atoms with van der Waals surface area (Å²) in [7, 11) is 1.58. The van der Waals surface area contributed by atoms with Gasteiger partial charge in [0.05, 0.1) is 7.11 Å². The van der Waals surface area contributed by atoms with Crippen LogP contribution in [0.3, 0.4) is 0 Å². The first-order valence-corrected chi connectivity index (χ1v) is 5.81. The van der Waals surface area contributed by atoms with Crippen molar-refractivity contribution >= 4 is 11.6 Å². The normalized spacial score (nSPS) is 10.1. The lowest BCUT2D eigenvalue weighted by Crippen LogP contribution is -2.13. The molecule has 0 spiro atoms. The van der Waals surface area contributed by atoms with Crippen molar-refractivity contribution in [3.8, 4) is 5.75 Å². The van der Waals surface area contributed by atoms with Crippen molar-refractivity contribution in [1.29, 1.82) is 0 Å². The minimum absolute atomic E-state index is 0.261. The molecule has 0 radical (unpaired) electrons. The molecule has 1 amide bonds. The third kappa shape index (κ3) is 3.10. The summed E-state index contributed by atoms with van der Waals surface area (Å²) >= 11 is 0. The van der Waals surface area contributed by atoms with Crippen molar-refractivity contribution in [2.24, 2.45) is 0 Å². The Bertz CT molecular complexity index is 594. The SMILES string of the molecule is COc1ccc(NC(=O)c2ccc(F)cc2C)cc1. The highest BCUT2D eigenvalue weighted by atomic mass is 19.1. The number of aryl methyl sites for hydroxylation is 1. The van der Waals surface area contributed by atoms with Crippen molar-refractivity contribution in [3.05, 3.63) is 59.4 Å². The van der Waals surface area contributed by atoms with E-state index in [9.17, 15) is 9.18 Å². The lowest BCUT2D eigenvalue weighted by atomic mass is 10.1. The molecule has 0 fully saturated rings. The Balaban J connectivity index is 2.15. The van der Waals surface area contributed by atoms with Crippen molar-refractivity contribution in [2.75, 3.05) is 12.4 Å². The summed E-state index contributed by atoms with van der Waals surface area (Å²) in [6.45, 7) is 1.70. The zero-order valence-electron chi connectivity index (χ0n) is 10.7. The van der Waals surface area contributed by atoms with Crippen LogP contribution in [-0.2, 0) is 0 Å². The van der Waals surface area contributed by atoms with E-state index in [1.165, 1.54) is 18.2 Å². The van der Waals surface area contributed by atoms with E-state index in [1.807, 2.05) is 0 Å². The number of carbonyl (C=O) groups excluding carboxylic acids is 1. The standard InChI is InChI=1S/C15H14FNO2/c1-10-9-11(16)3-8-14(10)15(18)17-12-4-6-13(19-2)7-5-12/h3-9H,1-2H3,(H,17,18). The molecular formula is C15H14FNO2. The number of benzene rings is 2. The van der Waals surface area contributed by atoms with Crippen molar-refractivity contribution in [2.45, 2.75) is 6.92 Å². The van der Waals surface area contributed by atoms with Gasteiger partial charge in [0.1, 0.15) is 11.6 Å². The second kappa shape index (κ2) is 5.52. The van der Waals surface area contributed by atoms with E-state index >= 15 is 0 Å². The molecule has 0 saturated carbocycles. The molecule has 0 heterocycles. The molecule has 0 aliphatic rings. The maximum atomic E-state index is 13.0. The molecular weight excluding hydrogens is 245 g/mol. The molecule has 0 bridgehead atoms. The largest absolute Gasteiger partial charge is 0.497 e. The van der Waals surface area contributed by atoms with E-state index in [0.29, 0.717) is 16.8 Å². The van der Waals surface area contributed by atoms with Crippen LogP contribution in [-0.4, -0.2) is 13.0 Å². The first-order valence-electron chi connectivity index (χ1n) is 5.81. The molecule has 98 valence electrons. The van der Waals surface area contributed by atoms with Crippen LogP contribution in [0, 0.1) is 12.7 Å². The fraction of sp³-hybridized carbons (Fsp3) is 0.133. The number of carbonyl (C=O) groups is 1. The number of methoxy groups -OCH3 is 1. The third-order valence-electron chi connectivity index (χ3n) is 2.78. The van der Waals surface area contributed by atoms with Crippen molar-refractivity contribution in [1.82, 2.24) is 0 Å². The number of hydrogen-bond acceptors (Lipinski definition) is 2. The quantitative estimate of drug-likeness (QED) is 0.917. The van der Waals surface area contributed by atoms with E-state index < -0.39 is 0 Å². The molecule has 0 aromatic heterocycles. The summed E-state index contributed by atoms with van der Waals surface area (Å²) in [4.78, 5) is 12.0. The van der Waals surface area contributed by atoms with Gasteiger partial charge in [0.15, 0.2) is 0 Å². The van der Waals surface area contributed by atoms with E-state index in [4.69, 9.17) is 4.74 Å². The Kier molecular flexibility index (Phi) is 3.80. The van der Waals surface area contributed by atoms with Gasteiger partial charge in [-0.15, -0.1) is 0 Å². The minimum Gasteiger partial charge on any atom is -0.497 e. The second-order valence-electron chi connectivity index (χ2n) is 4.14. The molecule has 2 rings (SSSR count). The maximum absolute atomic E-state index is 13.0. The first-order chi connectivity index (χ1) is 9.10. The Morgan fingerprint density at radius 3 is 2.42 bits per heavy atom. The van der Waals surface area contributed by atoms with Gasteiger partial charge in [-0.25, -0.2) is 4.39 Å². The van der Waals surface area contributed by atoms with Gasteiger partial charge in [-0.1, -0.05) is 0 Å². The average Bonchev–Trinajstić information content (AvgIpc) is 2.39. The number of amides is 1. The Labute approximate surface area is 111 Å². The van der Waals surface area contributed by atoms with Crippen molar-refractivity contribution < 1.29 is 13.9 Å². The van der Waals surface area contributed by atoms with Gasteiger partial charge in [-0.05, 0) is 55.0 Å². The number of ether oxygens (including phenoxy) is 1. The monoisotopic (exact) mass is 259 g/mol. The van der Waals surface area contributed by atoms with Gasteiger partial charge in [0.2, 0.25) is 0 Å². The Morgan fingerprint density at radius 1 is 1.16 bits per heavy atom. The molecule has 1 N–H and O–H groups in total. The predicted molar refractivity (Wildman–Crippen MR) is 72.1 cm³/mol. The van der Waals surface area contributed by atoms with Crippen LogP contribution < -0.4 is 10.1 Å². The van der Waals surface area contributed by atoms with Crippen LogP contribution in [0.4, 0.5) is 10.1 Å². The molecule has 4 heteroatoms. The van der Waals surface area contributed by atoms with E-state index in [1.54, 1.807) is 38.3 Å². The Morgan fingerprint density at radius 2 is 1.84 bits per heavy atom. The van der Waals surface area contributed by atoms with Crippen LogP contribution >= 0.6 is 0 Å². The summed E-state index contributed by atoms with van der Waals surface area (Å²) in [6.07, 6.45) is 0. The summed E-state index contributed by atoms with van der Waals surface area (Å²) in [5, 5.41) is 2.75. The highest BCUT2D eigenvalue weighted by Gasteiger charge is 2.09. The molecule has 0 aliphatic heterocycles. The summed E-state index contributed by atoms with van der Waals surface area (Å²) in [5.41, 5.74) is 1.72. The lowest BCUT2D eigenvalue weighted by molar-refractivity contribution is 0.102. The van der Waals surface area contributed by atoms with Gasteiger partial charge in [-0.3, -0.25) is 4.79 Å². The minimum atomic E-state index is -0.349. The smallest absolute Gasteiger partial charge is 0.255 e. The molecule has 0 aliphatic carbocycles. The van der Waals surface area contributed by atoms with Crippen LogP contribution in [0.5, 0.6) is 5.75 Å². The zero-order chi connectivity index (χ0) is 13.8. The Hall–Kier alpha value is -2.36. The number of anilines is 1. The topological polar surface area (TPSA) is 38.3 Å². The fourth-order valence-corrected chi connectivity index (χ4v) is 1.75. The van der Waals surface area contributed by atoms with E-state index in [-0.39, 0.29) is 11.7 Å². The van der Waals surface area contributed by atoms with Crippen LogP contribution in [0.15, 0.2) is 42.5 Å². The molecule has 0 saturated heterocycles. The van der Waals surface area contributed by atoms with Crippen LogP contribution in [0.2, 0.25) is 0 Å². The van der Waals surface area contributed by atoms with Gasteiger partial charge in [-0.2, -0.15) is 0 Å². The van der Waals surface area contributed by atoms with E-state index in [2.05, 4.69) is 5.32 Å². The summed E-state index contributed by atoms with van der Waals surface area (Å²) in [6, 6.07) is 11.1. The molecule has 2 aromatic rings. The van der Waals surface area contributed by atoms with Crippen LogP contribution in [0.25, 0.3) is 0 Å². The predicted octanol–water partition coefficient (Wildman–Crippen LogP) is 3.40.